The maximum Gasteiger partial charge on any atom is 0.410 e. The highest BCUT2D eigenvalue weighted by molar-refractivity contribution is 7.89. The first-order chi connectivity index (χ1) is 13.6. The Hall–Kier alpha value is -2.19. The Morgan fingerprint density at radius 3 is 2.66 bits per heavy atom. The third-order valence-electron chi connectivity index (χ3n) is 4.99. The second-order valence-electron chi connectivity index (χ2n) is 8.34. The molecule has 3 rings (SSSR count). The zero-order valence-electron chi connectivity index (χ0n) is 17.5. The fourth-order valence-corrected chi connectivity index (χ4v) is 5.30. The Morgan fingerprint density at radius 2 is 1.97 bits per heavy atom. The molecule has 1 aromatic carbocycles. The molecule has 0 N–H and O–H groups in total. The van der Waals surface area contributed by atoms with Gasteiger partial charge in [-0.05, 0) is 57.2 Å². The van der Waals surface area contributed by atoms with Crippen LogP contribution in [0.2, 0.25) is 0 Å². The van der Waals surface area contributed by atoms with Crippen molar-refractivity contribution in [2.45, 2.75) is 57.1 Å². The summed E-state index contributed by atoms with van der Waals surface area (Å²) in [4.78, 5) is 18.5. The van der Waals surface area contributed by atoms with Gasteiger partial charge in [-0.2, -0.15) is 4.31 Å². The van der Waals surface area contributed by atoms with Gasteiger partial charge >= 0.3 is 6.09 Å². The number of hydrogen-bond donors (Lipinski definition) is 0. The number of ether oxygens (including phenoxy) is 1. The van der Waals surface area contributed by atoms with Crippen LogP contribution in [0.4, 0.5) is 4.79 Å². The first-order valence-electron chi connectivity index (χ1n) is 9.95. The molecule has 0 bridgehead atoms. The summed E-state index contributed by atoms with van der Waals surface area (Å²) in [5, 5.41) is 1.73. The third kappa shape index (κ3) is 4.87. The van der Waals surface area contributed by atoms with Crippen molar-refractivity contribution < 1.29 is 17.9 Å². The number of amides is 1. The van der Waals surface area contributed by atoms with E-state index in [2.05, 4.69) is 4.98 Å². The minimum Gasteiger partial charge on any atom is -0.444 e. The molecule has 2 heterocycles. The van der Waals surface area contributed by atoms with Crippen molar-refractivity contribution in [2.75, 3.05) is 19.6 Å². The molecular weight excluding hydrogens is 390 g/mol. The normalized spacial score (nSPS) is 19.2. The van der Waals surface area contributed by atoms with Crippen LogP contribution in [0.3, 0.4) is 0 Å². The van der Waals surface area contributed by atoms with Gasteiger partial charge in [-0.25, -0.2) is 13.2 Å². The zero-order chi connectivity index (χ0) is 21.2. The number of carbonyl (C=O) groups excluding carboxylic acids is 1. The van der Waals surface area contributed by atoms with E-state index >= 15 is 0 Å². The third-order valence-corrected chi connectivity index (χ3v) is 6.93. The average Bonchev–Trinajstić information content (AvgIpc) is 2.89. The number of nitrogens with zero attached hydrogens (tertiary/aromatic N) is 3. The van der Waals surface area contributed by atoms with Gasteiger partial charge in [-0.3, -0.25) is 4.98 Å². The predicted octanol–water partition coefficient (Wildman–Crippen LogP) is 3.64. The second-order valence-corrected chi connectivity index (χ2v) is 10.2. The fraction of sp³-hybridized carbons (Fsp3) is 0.524. The number of carbonyl (C=O) groups is 1. The minimum absolute atomic E-state index is 0.264. The molecule has 1 atom stereocenters. The quantitative estimate of drug-likeness (QED) is 0.759. The largest absolute Gasteiger partial charge is 0.444 e. The lowest BCUT2D eigenvalue weighted by atomic mass is 10.2. The summed E-state index contributed by atoms with van der Waals surface area (Å²) in [7, 11) is -3.69. The van der Waals surface area contributed by atoms with Gasteiger partial charge in [0.2, 0.25) is 10.0 Å². The minimum atomic E-state index is -3.69. The molecule has 8 heteroatoms. The van der Waals surface area contributed by atoms with Gasteiger partial charge in [0.15, 0.2) is 0 Å². The number of fused-ring (bicyclic) bond motifs is 1. The molecule has 29 heavy (non-hydrogen) atoms. The number of hydrogen-bond acceptors (Lipinski definition) is 5. The zero-order valence-corrected chi connectivity index (χ0v) is 18.3. The van der Waals surface area contributed by atoms with E-state index in [1.165, 1.54) is 0 Å². The maximum atomic E-state index is 13.4. The van der Waals surface area contributed by atoms with Gasteiger partial charge in [0.1, 0.15) is 5.60 Å². The molecule has 158 valence electrons. The molecule has 0 spiro atoms. The number of aromatic nitrogens is 1. The number of sulfonamides is 1. The summed E-state index contributed by atoms with van der Waals surface area (Å²) in [6.45, 7) is 8.58. The summed E-state index contributed by atoms with van der Waals surface area (Å²) in [6, 6.07) is 6.60. The number of rotatable bonds is 3. The Balaban J connectivity index is 1.87. The van der Waals surface area contributed by atoms with E-state index in [1.807, 2.05) is 27.7 Å². The second kappa shape index (κ2) is 8.28. The smallest absolute Gasteiger partial charge is 0.410 e. The molecule has 1 fully saturated rings. The lowest BCUT2D eigenvalue weighted by Gasteiger charge is -2.31. The maximum absolute atomic E-state index is 13.4. The number of pyridine rings is 1. The molecule has 1 aliphatic rings. The molecule has 0 unspecified atom stereocenters. The van der Waals surface area contributed by atoms with E-state index in [4.69, 9.17) is 4.74 Å². The summed E-state index contributed by atoms with van der Waals surface area (Å²) >= 11 is 0. The van der Waals surface area contributed by atoms with Crippen molar-refractivity contribution in [3.63, 3.8) is 0 Å². The standard InChI is InChI=1S/C21H29N3O4S/c1-5-18-15-23(20(25)28-21(2,3)4)11-6-12-24(18)29(26,27)19-8-7-17-14-22-10-9-16(17)13-19/h7-10,13-14,18H,5-6,11-12,15H2,1-4H3/t18-/m1/s1. The van der Waals surface area contributed by atoms with E-state index in [1.54, 1.807) is 45.9 Å². The summed E-state index contributed by atoms with van der Waals surface area (Å²) < 4.78 is 33.9. The molecule has 0 radical (unpaired) electrons. The Labute approximate surface area is 172 Å². The van der Waals surface area contributed by atoms with Crippen LogP contribution in [0.5, 0.6) is 0 Å². The van der Waals surface area contributed by atoms with Gasteiger partial charge < -0.3 is 9.64 Å². The summed E-state index contributed by atoms with van der Waals surface area (Å²) in [5.74, 6) is 0. The van der Waals surface area contributed by atoms with Crippen molar-refractivity contribution in [2.24, 2.45) is 0 Å². The Morgan fingerprint density at radius 1 is 1.21 bits per heavy atom. The SMILES string of the molecule is CC[C@@H]1CN(C(=O)OC(C)(C)C)CCCN1S(=O)(=O)c1ccc2cnccc2c1. The molecule has 0 saturated carbocycles. The molecule has 2 aromatic rings. The van der Waals surface area contributed by atoms with Crippen LogP contribution in [0, 0.1) is 0 Å². The van der Waals surface area contributed by atoms with Crippen molar-refractivity contribution >= 4 is 26.9 Å². The molecule has 1 aliphatic heterocycles. The predicted molar refractivity (Wildman–Crippen MR) is 112 cm³/mol. The van der Waals surface area contributed by atoms with Gasteiger partial charge in [-0.1, -0.05) is 13.0 Å². The highest BCUT2D eigenvalue weighted by Gasteiger charge is 2.35. The molecule has 1 amide bonds. The Kier molecular flexibility index (Phi) is 6.14. The first kappa shape index (κ1) is 21.5. The molecule has 1 aromatic heterocycles. The molecule has 1 saturated heterocycles. The summed E-state index contributed by atoms with van der Waals surface area (Å²) in [6.07, 6.45) is 4.14. The topological polar surface area (TPSA) is 79.8 Å². The molecule has 0 aliphatic carbocycles. The van der Waals surface area contributed by atoms with E-state index in [0.29, 0.717) is 32.5 Å². The average molecular weight is 420 g/mol. The van der Waals surface area contributed by atoms with Crippen LogP contribution >= 0.6 is 0 Å². The van der Waals surface area contributed by atoms with Crippen molar-refractivity contribution in [1.29, 1.82) is 0 Å². The van der Waals surface area contributed by atoms with Gasteiger partial charge in [0.25, 0.3) is 0 Å². The molecule has 7 nitrogen and oxygen atoms in total. The van der Waals surface area contributed by atoms with Crippen LogP contribution in [0.1, 0.15) is 40.5 Å². The van der Waals surface area contributed by atoms with Crippen molar-refractivity contribution in [1.82, 2.24) is 14.2 Å². The van der Waals surface area contributed by atoms with Crippen LogP contribution in [0.15, 0.2) is 41.6 Å². The van der Waals surface area contributed by atoms with Crippen LogP contribution in [0.25, 0.3) is 10.8 Å². The van der Waals surface area contributed by atoms with Gasteiger partial charge in [-0.15, -0.1) is 0 Å². The Bertz CT molecular complexity index is 985. The molecular formula is C21H29N3O4S. The number of benzene rings is 1. The van der Waals surface area contributed by atoms with Crippen LogP contribution in [-0.2, 0) is 14.8 Å². The van der Waals surface area contributed by atoms with E-state index in [-0.39, 0.29) is 10.9 Å². The van der Waals surface area contributed by atoms with Gasteiger partial charge in [0, 0.05) is 43.5 Å². The van der Waals surface area contributed by atoms with Gasteiger partial charge in [0.05, 0.1) is 4.90 Å². The monoisotopic (exact) mass is 419 g/mol. The summed E-state index contributed by atoms with van der Waals surface area (Å²) in [5.41, 5.74) is -0.586. The first-order valence-corrected chi connectivity index (χ1v) is 11.4. The van der Waals surface area contributed by atoms with Crippen LogP contribution < -0.4 is 0 Å². The van der Waals surface area contributed by atoms with Crippen molar-refractivity contribution in [3.8, 4) is 0 Å². The van der Waals surface area contributed by atoms with E-state index in [0.717, 1.165) is 10.8 Å². The highest BCUT2D eigenvalue weighted by Crippen LogP contribution is 2.26. The van der Waals surface area contributed by atoms with E-state index in [9.17, 15) is 13.2 Å². The van der Waals surface area contributed by atoms with Crippen LogP contribution in [-0.4, -0.2) is 60.0 Å². The van der Waals surface area contributed by atoms with E-state index < -0.39 is 21.7 Å². The fourth-order valence-electron chi connectivity index (χ4n) is 3.54. The van der Waals surface area contributed by atoms with Crippen molar-refractivity contribution in [3.05, 3.63) is 36.7 Å². The lowest BCUT2D eigenvalue weighted by molar-refractivity contribution is 0.0240. The highest BCUT2D eigenvalue weighted by atomic mass is 32.2. The lowest BCUT2D eigenvalue weighted by Crippen LogP contribution is -2.46.